The average Bonchev–Trinajstić information content (AvgIpc) is 2.96. The summed E-state index contributed by atoms with van der Waals surface area (Å²) in [6.07, 6.45) is 0. The van der Waals surface area contributed by atoms with Gasteiger partial charge in [0.05, 0.1) is 20.9 Å². The molecule has 0 aliphatic rings. The molecular weight excluding hydrogens is 412 g/mol. The number of hydrogen-bond acceptors (Lipinski definition) is 5. The van der Waals surface area contributed by atoms with E-state index in [4.69, 9.17) is 0 Å². The van der Waals surface area contributed by atoms with Crippen molar-refractivity contribution in [3.05, 3.63) is 52.5 Å². The largest absolute Gasteiger partial charge is 0.298 e. The van der Waals surface area contributed by atoms with Crippen LogP contribution in [0.2, 0.25) is 0 Å². The molecule has 0 saturated heterocycles. The van der Waals surface area contributed by atoms with Gasteiger partial charge in [-0.05, 0) is 36.4 Å². The third-order valence-corrected chi connectivity index (χ3v) is 6.57. The first-order chi connectivity index (χ1) is 11.4. The molecule has 0 spiro atoms. The first kappa shape index (κ1) is 17.1. The van der Waals surface area contributed by atoms with E-state index >= 15 is 0 Å². The summed E-state index contributed by atoms with van der Waals surface area (Å²) < 4.78 is 25.8. The first-order valence-corrected chi connectivity index (χ1v) is 10.4. The molecule has 1 heterocycles. The third-order valence-electron chi connectivity index (χ3n) is 3.41. The van der Waals surface area contributed by atoms with Crippen LogP contribution in [0.15, 0.2) is 51.8 Å². The molecule has 0 unspecified atom stereocenters. The van der Waals surface area contributed by atoms with Crippen LogP contribution in [0.4, 0.5) is 5.13 Å². The Kier molecular flexibility index (Phi) is 4.71. The van der Waals surface area contributed by atoms with Gasteiger partial charge < -0.3 is 0 Å². The quantitative estimate of drug-likeness (QED) is 0.683. The molecular formula is C16H13BrN2O3S2. The maximum absolute atomic E-state index is 12.4. The number of nitrogens with one attached hydrogen (secondary N) is 1. The van der Waals surface area contributed by atoms with Crippen LogP contribution in [-0.2, 0) is 9.84 Å². The van der Waals surface area contributed by atoms with Gasteiger partial charge in [0.25, 0.3) is 5.91 Å². The molecule has 1 N–H and O–H groups in total. The Bertz CT molecular complexity index is 1030. The molecule has 5 nitrogen and oxygen atoms in total. The zero-order valence-corrected chi connectivity index (χ0v) is 15.8. The predicted octanol–water partition coefficient (Wildman–Crippen LogP) is 4.10. The van der Waals surface area contributed by atoms with Crippen molar-refractivity contribution in [2.24, 2.45) is 0 Å². The lowest BCUT2D eigenvalue weighted by atomic mass is 10.2. The van der Waals surface area contributed by atoms with Crippen molar-refractivity contribution in [1.82, 2.24) is 4.98 Å². The van der Waals surface area contributed by atoms with Gasteiger partial charge in [-0.3, -0.25) is 10.1 Å². The van der Waals surface area contributed by atoms with Crippen LogP contribution >= 0.6 is 27.3 Å². The van der Waals surface area contributed by atoms with E-state index in [1.54, 1.807) is 19.1 Å². The van der Waals surface area contributed by atoms with Crippen LogP contribution in [-0.4, -0.2) is 25.1 Å². The maximum atomic E-state index is 12.4. The van der Waals surface area contributed by atoms with Gasteiger partial charge in [-0.15, -0.1) is 0 Å². The second-order valence-corrected chi connectivity index (χ2v) is 9.24. The smallest absolute Gasteiger partial charge is 0.257 e. The number of halogens is 1. The lowest BCUT2D eigenvalue weighted by Gasteiger charge is -2.05. The van der Waals surface area contributed by atoms with Gasteiger partial charge in [-0.1, -0.05) is 40.3 Å². The molecule has 0 fully saturated rings. The zero-order valence-electron chi connectivity index (χ0n) is 12.6. The zero-order chi connectivity index (χ0) is 17.3. The van der Waals surface area contributed by atoms with Crippen LogP contribution in [0, 0.1) is 0 Å². The molecule has 1 amide bonds. The Morgan fingerprint density at radius 3 is 2.79 bits per heavy atom. The number of carbonyl (C=O) groups is 1. The van der Waals surface area contributed by atoms with Gasteiger partial charge in [-0.25, -0.2) is 13.4 Å². The molecule has 3 aromatic rings. The lowest BCUT2D eigenvalue weighted by Crippen LogP contribution is -2.13. The van der Waals surface area contributed by atoms with E-state index < -0.39 is 9.84 Å². The van der Waals surface area contributed by atoms with Crippen molar-refractivity contribution >= 4 is 58.4 Å². The summed E-state index contributed by atoms with van der Waals surface area (Å²) in [4.78, 5) is 16.9. The number of aromatic nitrogens is 1. The fourth-order valence-corrected chi connectivity index (χ4v) is 4.46. The number of hydrogen-bond donors (Lipinski definition) is 1. The Labute approximate surface area is 151 Å². The van der Waals surface area contributed by atoms with Crippen LogP contribution in [0.25, 0.3) is 10.2 Å². The van der Waals surface area contributed by atoms with E-state index in [2.05, 4.69) is 26.2 Å². The summed E-state index contributed by atoms with van der Waals surface area (Å²) >= 11 is 4.75. The van der Waals surface area contributed by atoms with Crippen LogP contribution < -0.4 is 5.32 Å². The number of thiazole rings is 1. The monoisotopic (exact) mass is 424 g/mol. The molecule has 2 aromatic carbocycles. The molecule has 0 aliphatic carbocycles. The second kappa shape index (κ2) is 6.62. The summed E-state index contributed by atoms with van der Waals surface area (Å²) in [5, 5.41) is 3.19. The molecule has 124 valence electrons. The summed E-state index contributed by atoms with van der Waals surface area (Å²) in [6.45, 7) is 1.57. The standard InChI is InChI=1S/C16H13BrN2O3S2/c1-2-24(21,22)12-5-3-4-10(8-12)15(20)19-16-18-13-7-6-11(17)9-14(13)23-16/h3-9H,2H2,1H3,(H,18,19,20). The number of rotatable bonds is 4. The van der Waals surface area contributed by atoms with Gasteiger partial charge in [0.2, 0.25) is 0 Å². The summed E-state index contributed by atoms with van der Waals surface area (Å²) in [5.74, 6) is -0.397. The predicted molar refractivity (Wildman–Crippen MR) is 99.4 cm³/mol. The molecule has 0 aliphatic heterocycles. The highest BCUT2D eigenvalue weighted by Gasteiger charge is 2.15. The number of benzene rings is 2. The van der Waals surface area contributed by atoms with Crippen LogP contribution in [0.3, 0.4) is 0 Å². The van der Waals surface area contributed by atoms with E-state index in [-0.39, 0.29) is 22.1 Å². The molecule has 0 atom stereocenters. The topological polar surface area (TPSA) is 76.1 Å². The van der Waals surface area contributed by atoms with E-state index in [0.717, 1.165) is 14.7 Å². The normalized spacial score (nSPS) is 11.6. The van der Waals surface area contributed by atoms with Gasteiger partial charge >= 0.3 is 0 Å². The third kappa shape index (κ3) is 3.50. The molecule has 3 rings (SSSR count). The molecule has 24 heavy (non-hydrogen) atoms. The van der Waals surface area contributed by atoms with Crippen molar-refractivity contribution in [3.63, 3.8) is 0 Å². The number of anilines is 1. The minimum atomic E-state index is -3.35. The lowest BCUT2D eigenvalue weighted by molar-refractivity contribution is 0.102. The summed E-state index contributed by atoms with van der Waals surface area (Å²) in [5.41, 5.74) is 1.07. The number of sulfone groups is 1. The molecule has 0 radical (unpaired) electrons. The molecule has 8 heteroatoms. The fourth-order valence-electron chi connectivity index (χ4n) is 2.12. The number of carbonyl (C=O) groups excluding carboxylic acids is 1. The second-order valence-electron chi connectivity index (χ2n) is 5.02. The van der Waals surface area contributed by atoms with Gasteiger partial charge in [0.1, 0.15) is 0 Å². The molecule has 0 bridgehead atoms. The summed E-state index contributed by atoms with van der Waals surface area (Å²) in [7, 11) is -3.35. The highest BCUT2D eigenvalue weighted by Crippen LogP contribution is 2.28. The molecule has 0 saturated carbocycles. The highest BCUT2D eigenvalue weighted by molar-refractivity contribution is 9.10. The number of amides is 1. The van der Waals surface area contributed by atoms with Crippen molar-refractivity contribution in [1.29, 1.82) is 0 Å². The number of nitrogens with zero attached hydrogens (tertiary/aromatic N) is 1. The maximum Gasteiger partial charge on any atom is 0.257 e. The first-order valence-electron chi connectivity index (χ1n) is 7.09. The van der Waals surface area contributed by atoms with Gasteiger partial charge in [0, 0.05) is 10.0 Å². The minimum absolute atomic E-state index is 0.00911. The molecule has 1 aromatic heterocycles. The van der Waals surface area contributed by atoms with Crippen molar-refractivity contribution in [2.45, 2.75) is 11.8 Å². The highest BCUT2D eigenvalue weighted by atomic mass is 79.9. The Balaban J connectivity index is 1.87. The van der Waals surface area contributed by atoms with E-state index in [1.807, 2.05) is 18.2 Å². The SMILES string of the molecule is CCS(=O)(=O)c1cccc(C(=O)Nc2nc3ccc(Br)cc3s2)c1. The van der Waals surface area contributed by atoms with E-state index in [1.165, 1.54) is 23.5 Å². The Morgan fingerprint density at radius 1 is 1.25 bits per heavy atom. The Hall–Kier alpha value is -1.77. The van der Waals surface area contributed by atoms with E-state index in [9.17, 15) is 13.2 Å². The Morgan fingerprint density at radius 2 is 2.04 bits per heavy atom. The minimum Gasteiger partial charge on any atom is -0.298 e. The summed E-state index contributed by atoms with van der Waals surface area (Å²) in [6, 6.07) is 11.7. The van der Waals surface area contributed by atoms with E-state index in [0.29, 0.717) is 5.13 Å². The average molecular weight is 425 g/mol. The van der Waals surface area contributed by atoms with Crippen LogP contribution in [0.1, 0.15) is 17.3 Å². The fraction of sp³-hybridized carbons (Fsp3) is 0.125. The van der Waals surface area contributed by atoms with Crippen molar-refractivity contribution < 1.29 is 13.2 Å². The number of fused-ring (bicyclic) bond motifs is 1. The van der Waals surface area contributed by atoms with Crippen molar-refractivity contribution in [3.8, 4) is 0 Å². The van der Waals surface area contributed by atoms with Crippen LogP contribution in [0.5, 0.6) is 0 Å². The van der Waals surface area contributed by atoms with Gasteiger partial charge in [0.15, 0.2) is 15.0 Å². The van der Waals surface area contributed by atoms with Gasteiger partial charge in [-0.2, -0.15) is 0 Å². The van der Waals surface area contributed by atoms with Crippen molar-refractivity contribution in [2.75, 3.05) is 11.1 Å².